The molecular weight excluding hydrogens is 184 g/mol. The molecule has 3 heteroatoms. The summed E-state index contributed by atoms with van der Waals surface area (Å²) in [5.41, 5.74) is 0. The van der Waals surface area contributed by atoms with E-state index in [2.05, 4.69) is 23.8 Å². The van der Waals surface area contributed by atoms with Crippen LogP contribution in [-0.4, -0.2) is 38.1 Å². The van der Waals surface area contributed by atoms with Crippen LogP contribution in [0, 0.1) is 5.92 Å². The second kappa shape index (κ2) is 5.63. The number of halogens is 1. The zero-order chi connectivity index (χ0) is 9.68. The van der Waals surface area contributed by atoms with Gasteiger partial charge in [-0.1, -0.05) is 18.2 Å². The molecule has 13 heavy (non-hydrogen) atoms. The molecule has 0 atom stereocenters. The molecule has 1 aliphatic heterocycles. The van der Waals surface area contributed by atoms with Crippen LogP contribution in [0.1, 0.15) is 12.8 Å². The number of hydrogen-bond acceptors (Lipinski definition) is 2. The third-order valence-corrected chi connectivity index (χ3v) is 2.59. The van der Waals surface area contributed by atoms with Crippen molar-refractivity contribution < 1.29 is 0 Å². The SMILES string of the molecule is C=C(Cl)CN(C)CC1CCNCC1. The van der Waals surface area contributed by atoms with E-state index in [1.807, 2.05) is 0 Å². The Hall–Kier alpha value is -0.0500. The summed E-state index contributed by atoms with van der Waals surface area (Å²) in [5, 5.41) is 4.10. The highest BCUT2D eigenvalue weighted by Gasteiger charge is 2.14. The van der Waals surface area contributed by atoms with Gasteiger partial charge in [-0.2, -0.15) is 0 Å². The molecule has 0 unspecified atom stereocenters. The molecule has 76 valence electrons. The van der Waals surface area contributed by atoms with E-state index < -0.39 is 0 Å². The van der Waals surface area contributed by atoms with Gasteiger partial charge in [-0.05, 0) is 38.9 Å². The molecule has 0 radical (unpaired) electrons. The van der Waals surface area contributed by atoms with E-state index in [1.54, 1.807) is 0 Å². The van der Waals surface area contributed by atoms with Gasteiger partial charge in [0, 0.05) is 18.1 Å². The first-order valence-electron chi connectivity index (χ1n) is 4.91. The summed E-state index contributed by atoms with van der Waals surface area (Å²) >= 11 is 5.74. The third kappa shape index (κ3) is 4.65. The van der Waals surface area contributed by atoms with Crippen molar-refractivity contribution in [2.24, 2.45) is 5.92 Å². The van der Waals surface area contributed by atoms with Gasteiger partial charge in [-0.15, -0.1) is 0 Å². The number of nitrogens with one attached hydrogen (secondary N) is 1. The van der Waals surface area contributed by atoms with Crippen LogP contribution in [0.3, 0.4) is 0 Å². The van der Waals surface area contributed by atoms with Crippen molar-refractivity contribution in [3.8, 4) is 0 Å². The second-order valence-corrected chi connectivity index (χ2v) is 4.44. The Morgan fingerprint density at radius 3 is 2.69 bits per heavy atom. The average Bonchev–Trinajstić information content (AvgIpc) is 2.04. The van der Waals surface area contributed by atoms with E-state index in [4.69, 9.17) is 11.6 Å². The molecule has 1 N–H and O–H groups in total. The molecule has 0 saturated carbocycles. The van der Waals surface area contributed by atoms with Gasteiger partial charge in [0.25, 0.3) is 0 Å². The van der Waals surface area contributed by atoms with E-state index in [0.29, 0.717) is 0 Å². The molecule has 1 fully saturated rings. The van der Waals surface area contributed by atoms with E-state index in [1.165, 1.54) is 25.9 Å². The van der Waals surface area contributed by atoms with Crippen LogP contribution in [0.4, 0.5) is 0 Å². The lowest BCUT2D eigenvalue weighted by molar-refractivity contribution is 0.255. The molecule has 0 amide bonds. The minimum absolute atomic E-state index is 0.733. The summed E-state index contributed by atoms with van der Waals surface area (Å²) < 4.78 is 0. The van der Waals surface area contributed by atoms with Crippen molar-refractivity contribution >= 4 is 11.6 Å². The first-order valence-corrected chi connectivity index (χ1v) is 5.29. The Bertz CT molecular complexity index is 164. The maximum atomic E-state index is 5.74. The number of hydrogen-bond donors (Lipinski definition) is 1. The largest absolute Gasteiger partial charge is 0.317 e. The minimum Gasteiger partial charge on any atom is -0.317 e. The highest BCUT2D eigenvalue weighted by Crippen LogP contribution is 2.13. The predicted molar refractivity (Wildman–Crippen MR) is 58.1 cm³/mol. The molecule has 0 aromatic carbocycles. The van der Waals surface area contributed by atoms with Gasteiger partial charge in [-0.3, -0.25) is 0 Å². The summed E-state index contributed by atoms with van der Waals surface area (Å²) in [5.74, 6) is 0.835. The molecular formula is C10H19ClN2. The monoisotopic (exact) mass is 202 g/mol. The Balaban J connectivity index is 2.18. The second-order valence-electron chi connectivity index (χ2n) is 3.91. The van der Waals surface area contributed by atoms with Gasteiger partial charge in [-0.25, -0.2) is 0 Å². The quantitative estimate of drug-likeness (QED) is 0.746. The molecule has 0 aromatic rings. The van der Waals surface area contributed by atoms with Crippen LogP contribution >= 0.6 is 11.6 Å². The summed E-state index contributed by atoms with van der Waals surface area (Å²) in [6, 6.07) is 0. The normalized spacial score (nSPS) is 19.3. The van der Waals surface area contributed by atoms with E-state index in [9.17, 15) is 0 Å². The van der Waals surface area contributed by atoms with Crippen molar-refractivity contribution in [3.05, 3.63) is 11.6 Å². The Labute approximate surface area is 85.9 Å². The first kappa shape index (κ1) is 11.0. The van der Waals surface area contributed by atoms with Gasteiger partial charge in [0.1, 0.15) is 0 Å². The highest BCUT2D eigenvalue weighted by atomic mass is 35.5. The number of rotatable bonds is 4. The Kier molecular flexibility index (Phi) is 4.78. The summed E-state index contributed by atoms with van der Waals surface area (Å²) in [7, 11) is 2.11. The van der Waals surface area contributed by atoms with Gasteiger partial charge in [0.2, 0.25) is 0 Å². The Morgan fingerprint density at radius 1 is 1.54 bits per heavy atom. The van der Waals surface area contributed by atoms with Crippen LogP contribution in [0.15, 0.2) is 11.6 Å². The standard InChI is InChI=1S/C10H19ClN2/c1-9(11)7-13(2)8-10-3-5-12-6-4-10/h10,12H,1,3-8H2,2H3. The van der Waals surface area contributed by atoms with Crippen LogP contribution in [0.2, 0.25) is 0 Å². The van der Waals surface area contributed by atoms with Crippen molar-refractivity contribution in [2.45, 2.75) is 12.8 Å². The molecule has 0 spiro atoms. The third-order valence-electron chi connectivity index (χ3n) is 2.47. The van der Waals surface area contributed by atoms with E-state index >= 15 is 0 Å². The van der Waals surface area contributed by atoms with E-state index in [-0.39, 0.29) is 0 Å². The summed E-state index contributed by atoms with van der Waals surface area (Å²) in [4.78, 5) is 2.26. The average molecular weight is 203 g/mol. The fraction of sp³-hybridized carbons (Fsp3) is 0.800. The Morgan fingerprint density at radius 2 is 2.15 bits per heavy atom. The molecule has 1 heterocycles. The number of piperidine rings is 1. The van der Waals surface area contributed by atoms with Crippen molar-refractivity contribution in [1.29, 1.82) is 0 Å². The van der Waals surface area contributed by atoms with Crippen LogP contribution in [0.5, 0.6) is 0 Å². The lowest BCUT2D eigenvalue weighted by Crippen LogP contribution is -2.34. The molecule has 1 rings (SSSR count). The zero-order valence-electron chi connectivity index (χ0n) is 8.35. The fourth-order valence-electron chi connectivity index (χ4n) is 1.86. The molecule has 1 aliphatic rings. The fourth-order valence-corrected chi connectivity index (χ4v) is 2.07. The van der Waals surface area contributed by atoms with Crippen LogP contribution in [-0.2, 0) is 0 Å². The lowest BCUT2D eigenvalue weighted by Gasteiger charge is -2.27. The molecule has 0 bridgehead atoms. The van der Waals surface area contributed by atoms with Crippen LogP contribution in [0.25, 0.3) is 0 Å². The minimum atomic E-state index is 0.733. The summed E-state index contributed by atoms with van der Waals surface area (Å²) in [6.45, 7) is 7.99. The predicted octanol–water partition coefficient (Wildman–Crippen LogP) is 1.67. The molecule has 0 aliphatic carbocycles. The van der Waals surface area contributed by atoms with Gasteiger partial charge in [0.15, 0.2) is 0 Å². The highest BCUT2D eigenvalue weighted by molar-refractivity contribution is 6.29. The van der Waals surface area contributed by atoms with Crippen molar-refractivity contribution in [2.75, 3.05) is 33.2 Å². The number of likely N-dealkylation sites (N-methyl/N-ethyl adjacent to an activating group) is 1. The van der Waals surface area contributed by atoms with Gasteiger partial charge < -0.3 is 10.2 Å². The van der Waals surface area contributed by atoms with Crippen molar-refractivity contribution in [1.82, 2.24) is 10.2 Å². The van der Waals surface area contributed by atoms with Gasteiger partial charge in [0.05, 0.1) is 0 Å². The van der Waals surface area contributed by atoms with E-state index in [0.717, 1.165) is 24.0 Å². The molecule has 2 nitrogen and oxygen atoms in total. The zero-order valence-corrected chi connectivity index (χ0v) is 9.11. The maximum absolute atomic E-state index is 5.74. The first-order chi connectivity index (χ1) is 6.18. The van der Waals surface area contributed by atoms with Crippen molar-refractivity contribution in [3.63, 3.8) is 0 Å². The molecule has 1 saturated heterocycles. The lowest BCUT2D eigenvalue weighted by atomic mass is 9.98. The smallest absolute Gasteiger partial charge is 0.0332 e. The summed E-state index contributed by atoms with van der Waals surface area (Å²) in [6.07, 6.45) is 2.58. The van der Waals surface area contributed by atoms with Gasteiger partial charge >= 0.3 is 0 Å². The maximum Gasteiger partial charge on any atom is 0.0332 e. The van der Waals surface area contributed by atoms with Crippen LogP contribution < -0.4 is 5.32 Å². The topological polar surface area (TPSA) is 15.3 Å². The number of nitrogens with zero attached hydrogens (tertiary/aromatic N) is 1. The molecule has 0 aromatic heterocycles.